The van der Waals surface area contributed by atoms with Crippen molar-refractivity contribution < 1.29 is 20.1 Å². The summed E-state index contributed by atoms with van der Waals surface area (Å²) in [5.41, 5.74) is -0.622. The number of fused-ring (bicyclic) bond motifs is 1. The number of piperidine rings is 1. The molecular weight excluding hydrogens is 294 g/mol. The van der Waals surface area contributed by atoms with Gasteiger partial charge in [-0.2, -0.15) is 0 Å². The highest BCUT2D eigenvalue weighted by molar-refractivity contribution is 5.82. The Morgan fingerprint density at radius 1 is 1.26 bits per heavy atom. The smallest absolute Gasteiger partial charge is 0.161 e. The van der Waals surface area contributed by atoms with Crippen molar-refractivity contribution in [3.63, 3.8) is 0 Å². The minimum Gasteiger partial charge on any atom is -0.504 e. The van der Waals surface area contributed by atoms with Gasteiger partial charge in [-0.25, -0.2) is 0 Å². The number of aromatic hydroxyl groups is 2. The molecule has 5 heteroatoms. The summed E-state index contributed by atoms with van der Waals surface area (Å²) in [5, 5.41) is 32.1. The summed E-state index contributed by atoms with van der Waals surface area (Å²) in [7, 11) is 1.97. The van der Waals surface area contributed by atoms with E-state index in [0.717, 1.165) is 12.1 Å². The number of carbonyl (C=O) groups is 1. The molecule has 23 heavy (non-hydrogen) atoms. The van der Waals surface area contributed by atoms with Crippen molar-refractivity contribution in [1.29, 1.82) is 0 Å². The largest absolute Gasteiger partial charge is 0.504 e. The highest BCUT2D eigenvalue weighted by atomic mass is 16.3. The third-order valence-electron chi connectivity index (χ3n) is 6.20. The lowest BCUT2D eigenvalue weighted by Crippen LogP contribution is -2.69. The molecule has 3 atom stereocenters. The first-order valence-electron chi connectivity index (χ1n) is 8.19. The van der Waals surface area contributed by atoms with Crippen LogP contribution in [0.5, 0.6) is 11.5 Å². The quantitative estimate of drug-likeness (QED) is 0.688. The van der Waals surface area contributed by atoms with Crippen LogP contribution in [0.3, 0.4) is 0 Å². The van der Waals surface area contributed by atoms with Crippen LogP contribution in [0.25, 0.3) is 0 Å². The van der Waals surface area contributed by atoms with Crippen molar-refractivity contribution in [1.82, 2.24) is 4.90 Å². The Morgan fingerprint density at radius 2 is 1.96 bits per heavy atom. The van der Waals surface area contributed by atoms with Crippen molar-refractivity contribution in [2.75, 3.05) is 13.6 Å². The molecule has 2 aliphatic rings. The summed E-state index contributed by atoms with van der Waals surface area (Å²) in [6.45, 7) is 4.55. The number of likely N-dealkylation sites (tertiary alicyclic amines) is 1. The van der Waals surface area contributed by atoms with Gasteiger partial charge < -0.3 is 20.2 Å². The zero-order chi connectivity index (χ0) is 17.0. The third kappa shape index (κ3) is 2.10. The van der Waals surface area contributed by atoms with E-state index in [0.29, 0.717) is 24.8 Å². The molecule has 1 aromatic carbocycles. The Hall–Kier alpha value is -1.59. The number of phenolic OH excluding ortho intramolecular Hbond substituents is 2. The zero-order valence-corrected chi connectivity index (χ0v) is 14.0. The van der Waals surface area contributed by atoms with Gasteiger partial charge in [0.1, 0.15) is 5.78 Å². The number of Topliss-reactive ketones (excluding diaryl/α,β-unsaturated/α-hetero) is 1. The Kier molecular flexibility index (Phi) is 3.69. The molecule has 1 aliphatic heterocycles. The number of phenols is 2. The van der Waals surface area contributed by atoms with E-state index in [4.69, 9.17) is 0 Å². The summed E-state index contributed by atoms with van der Waals surface area (Å²) in [4.78, 5) is 14.4. The van der Waals surface area contributed by atoms with Crippen LogP contribution in [0, 0.1) is 6.92 Å². The molecular formula is C18H25NO4. The van der Waals surface area contributed by atoms with Gasteiger partial charge in [-0.3, -0.25) is 4.79 Å². The fraction of sp³-hybridized carbons (Fsp3) is 0.611. The molecule has 3 rings (SSSR count). The summed E-state index contributed by atoms with van der Waals surface area (Å²) >= 11 is 0. The first-order valence-corrected chi connectivity index (χ1v) is 8.19. The van der Waals surface area contributed by atoms with Gasteiger partial charge in [0, 0.05) is 29.9 Å². The summed E-state index contributed by atoms with van der Waals surface area (Å²) in [6.07, 6.45) is 1.52. The molecule has 0 amide bonds. The first-order chi connectivity index (χ1) is 10.7. The Labute approximate surface area is 136 Å². The van der Waals surface area contributed by atoms with Crippen molar-refractivity contribution in [2.24, 2.45) is 0 Å². The molecule has 0 spiro atoms. The molecule has 2 fully saturated rings. The van der Waals surface area contributed by atoms with E-state index in [9.17, 15) is 20.1 Å². The van der Waals surface area contributed by atoms with Crippen molar-refractivity contribution in [2.45, 2.75) is 56.6 Å². The number of aryl methyl sites for hydroxylation is 1. The number of carbonyl (C=O) groups excluding carboxylic acids is 1. The maximum absolute atomic E-state index is 12.3. The minimum absolute atomic E-state index is 0.105. The van der Waals surface area contributed by atoms with Gasteiger partial charge in [-0.05, 0) is 51.9 Å². The van der Waals surface area contributed by atoms with Gasteiger partial charge in [0.15, 0.2) is 11.5 Å². The fourth-order valence-electron chi connectivity index (χ4n) is 4.70. The van der Waals surface area contributed by atoms with E-state index in [2.05, 4.69) is 4.90 Å². The van der Waals surface area contributed by atoms with Gasteiger partial charge in [-0.15, -0.1) is 0 Å². The number of nitrogens with zero attached hydrogens (tertiary/aromatic N) is 1. The van der Waals surface area contributed by atoms with Gasteiger partial charge in [0.05, 0.1) is 5.60 Å². The molecule has 2 unspecified atom stereocenters. The van der Waals surface area contributed by atoms with E-state index in [1.165, 1.54) is 6.07 Å². The van der Waals surface area contributed by atoms with E-state index in [1.807, 2.05) is 20.9 Å². The topological polar surface area (TPSA) is 81.0 Å². The van der Waals surface area contributed by atoms with Crippen LogP contribution in [0.2, 0.25) is 0 Å². The predicted molar refractivity (Wildman–Crippen MR) is 86.7 cm³/mol. The van der Waals surface area contributed by atoms with Crippen LogP contribution >= 0.6 is 0 Å². The molecule has 0 aromatic heterocycles. The van der Waals surface area contributed by atoms with Crippen LogP contribution in [-0.2, 0) is 10.2 Å². The maximum Gasteiger partial charge on any atom is 0.161 e. The Bertz CT molecular complexity index is 659. The predicted octanol–water partition coefficient (Wildman–Crippen LogP) is 1.85. The zero-order valence-electron chi connectivity index (χ0n) is 14.0. The highest BCUT2D eigenvalue weighted by Crippen LogP contribution is 2.56. The molecule has 1 heterocycles. The van der Waals surface area contributed by atoms with Crippen molar-refractivity contribution >= 4 is 5.78 Å². The second-order valence-electron chi connectivity index (χ2n) is 7.25. The summed E-state index contributed by atoms with van der Waals surface area (Å²) in [6, 6.07) is 3.06. The minimum atomic E-state index is -1.11. The second kappa shape index (κ2) is 5.21. The van der Waals surface area contributed by atoms with Gasteiger partial charge in [0.2, 0.25) is 0 Å². The normalized spacial score (nSPS) is 35.1. The van der Waals surface area contributed by atoms with Crippen molar-refractivity contribution in [3.05, 3.63) is 23.3 Å². The molecule has 126 valence electrons. The molecule has 1 aliphatic carbocycles. The second-order valence-corrected chi connectivity index (χ2v) is 7.25. The van der Waals surface area contributed by atoms with E-state index >= 15 is 0 Å². The number of hydrogen-bond acceptors (Lipinski definition) is 5. The maximum atomic E-state index is 12.3. The number of benzene rings is 1. The van der Waals surface area contributed by atoms with Crippen LogP contribution in [0.15, 0.2) is 12.1 Å². The van der Waals surface area contributed by atoms with E-state index in [1.54, 1.807) is 6.07 Å². The lowest BCUT2D eigenvalue weighted by atomic mass is 9.53. The molecule has 1 saturated carbocycles. The molecule has 1 saturated heterocycles. The summed E-state index contributed by atoms with van der Waals surface area (Å²) < 4.78 is 0. The van der Waals surface area contributed by atoms with Gasteiger partial charge in [-0.1, -0.05) is 6.07 Å². The average molecular weight is 319 g/mol. The van der Waals surface area contributed by atoms with Crippen LogP contribution in [0.1, 0.15) is 43.7 Å². The summed E-state index contributed by atoms with van der Waals surface area (Å²) in [5.74, 6) is -0.296. The van der Waals surface area contributed by atoms with Crippen LogP contribution in [0.4, 0.5) is 0 Å². The number of hydrogen-bond donors (Lipinski definition) is 3. The molecule has 3 N–H and O–H groups in total. The standard InChI is InChI=1S/C18H25NO4/c1-11-4-5-14(21)16(22)15(11)17-8-9-19(3)12(2)18(17,23)7-6-13(20)10-17/h4-5,12,21-23H,6-10H2,1-3H3/t12?,17-,18?/m1/s1. The number of rotatable bonds is 1. The number of likely N-dealkylation sites (N-methyl/N-ethyl adjacent to an activating group) is 1. The molecule has 1 aromatic rings. The van der Waals surface area contributed by atoms with Gasteiger partial charge >= 0.3 is 0 Å². The number of aliphatic hydroxyl groups is 1. The molecule has 0 bridgehead atoms. The SMILES string of the molecule is Cc1ccc(O)c(O)c1[C@]12CCN(C)C(C)C1(O)CCC(=O)C2. The lowest BCUT2D eigenvalue weighted by Gasteiger charge is -2.59. The lowest BCUT2D eigenvalue weighted by molar-refractivity contribution is -0.161. The number of ketones is 1. The van der Waals surface area contributed by atoms with Crippen molar-refractivity contribution in [3.8, 4) is 11.5 Å². The average Bonchev–Trinajstić information content (AvgIpc) is 2.50. The van der Waals surface area contributed by atoms with Crippen LogP contribution in [-0.4, -0.2) is 51.2 Å². The van der Waals surface area contributed by atoms with Gasteiger partial charge in [0.25, 0.3) is 0 Å². The van der Waals surface area contributed by atoms with Crippen LogP contribution < -0.4 is 0 Å². The van der Waals surface area contributed by atoms with E-state index in [-0.39, 0.29) is 29.7 Å². The third-order valence-corrected chi connectivity index (χ3v) is 6.20. The highest BCUT2D eigenvalue weighted by Gasteiger charge is 2.61. The Balaban J connectivity index is 2.27. The first kappa shape index (κ1) is 16.3. The van der Waals surface area contributed by atoms with E-state index < -0.39 is 11.0 Å². The molecule has 5 nitrogen and oxygen atoms in total. The monoisotopic (exact) mass is 319 g/mol. The Morgan fingerprint density at radius 3 is 2.65 bits per heavy atom. The molecule has 0 radical (unpaired) electrons. The fourth-order valence-corrected chi connectivity index (χ4v) is 4.70.